The SMILES string of the molecule is C[C@@H](C(=O)Nc1ccc(OCc2ccccc2)cc1)[N+](C)(C)C1CCCC1. The van der Waals surface area contributed by atoms with Crippen molar-refractivity contribution in [1.82, 2.24) is 0 Å². The number of likely N-dealkylation sites (N-methyl/N-ethyl adjacent to an activating group) is 1. The molecule has 1 amide bonds. The minimum absolute atomic E-state index is 0.0739. The lowest BCUT2D eigenvalue weighted by Crippen LogP contribution is -2.57. The van der Waals surface area contributed by atoms with Crippen molar-refractivity contribution in [2.24, 2.45) is 0 Å². The fourth-order valence-electron chi connectivity index (χ4n) is 3.81. The minimum atomic E-state index is -0.0814. The number of benzene rings is 2. The van der Waals surface area contributed by atoms with Crippen LogP contribution in [0.2, 0.25) is 0 Å². The molecular formula is C23H31N2O2+. The number of rotatable bonds is 7. The van der Waals surface area contributed by atoms with Gasteiger partial charge in [0, 0.05) is 5.69 Å². The van der Waals surface area contributed by atoms with Gasteiger partial charge in [0.2, 0.25) is 0 Å². The molecular weight excluding hydrogens is 336 g/mol. The fourth-order valence-corrected chi connectivity index (χ4v) is 3.81. The number of quaternary nitrogens is 1. The van der Waals surface area contributed by atoms with E-state index < -0.39 is 0 Å². The molecule has 4 nitrogen and oxygen atoms in total. The van der Waals surface area contributed by atoms with Crippen molar-refractivity contribution in [3.05, 3.63) is 60.2 Å². The number of nitrogens with one attached hydrogen (secondary N) is 1. The Kier molecular flexibility index (Phi) is 6.17. The maximum absolute atomic E-state index is 12.8. The van der Waals surface area contributed by atoms with Crippen LogP contribution in [0.25, 0.3) is 0 Å². The third-order valence-corrected chi connectivity index (χ3v) is 6.01. The first-order valence-electron chi connectivity index (χ1n) is 9.88. The number of amides is 1. The Morgan fingerprint density at radius 3 is 2.33 bits per heavy atom. The highest BCUT2D eigenvalue weighted by atomic mass is 16.5. The zero-order chi connectivity index (χ0) is 19.3. The Labute approximate surface area is 162 Å². The molecule has 4 heteroatoms. The van der Waals surface area contributed by atoms with Crippen LogP contribution in [0.4, 0.5) is 5.69 Å². The Morgan fingerprint density at radius 1 is 1.07 bits per heavy atom. The normalized spacial score (nSPS) is 16.1. The van der Waals surface area contributed by atoms with Gasteiger partial charge in [-0.15, -0.1) is 0 Å². The van der Waals surface area contributed by atoms with Crippen molar-refractivity contribution in [1.29, 1.82) is 0 Å². The van der Waals surface area contributed by atoms with E-state index in [0.717, 1.165) is 21.5 Å². The van der Waals surface area contributed by atoms with Crippen LogP contribution in [0.1, 0.15) is 38.2 Å². The van der Waals surface area contributed by atoms with E-state index in [1.165, 1.54) is 25.7 Å². The van der Waals surface area contributed by atoms with Crippen LogP contribution < -0.4 is 10.1 Å². The lowest BCUT2D eigenvalue weighted by molar-refractivity contribution is -0.927. The van der Waals surface area contributed by atoms with E-state index in [4.69, 9.17) is 4.74 Å². The highest BCUT2D eigenvalue weighted by Crippen LogP contribution is 2.29. The standard InChI is InChI=1S/C23H30N2O2/c1-18(25(2,3)21-11-7-8-12-21)23(26)24-20-13-15-22(16-14-20)27-17-19-9-5-4-6-10-19/h4-6,9-10,13-16,18,21H,7-8,11-12,17H2,1-3H3/p+1/t18-/m0/s1. The van der Waals surface area contributed by atoms with Gasteiger partial charge in [0.15, 0.2) is 6.04 Å². The maximum atomic E-state index is 12.8. The molecule has 1 aliphatic carbocycles. The third-order valence-electron chi connectivity index (χ3n) is 6.01. The summed E-state index contributed by atoms with van der Waals surface area (Å²) in [7, 11) is 4.36. The average Bonchev–Trinajstić information content (AvgIpc) is 3.23. The van der Waals surface area contributed by atoms with E-state index in [9.17, 15) is 4.79 Å². The second-order valence-corrected chi connectivity index (χ2v) is 8.03. The van der Waals surface area contributed by atoms with E-state index in [0.29, 0.717) is 12.6 Å². The monoisotopic (exact) mass is 367 g/mol. The van der Waals surface area contributed by atoms with Gasteiger partial charge in [-0.3, -0.25) is 4.79 Å². The molecule has 0 spiro atoms. The molecule has 1 aliphatic rings. The minimum Gasteiger partial charge on any atom is -0.489 e. The molecule has 144 valence electrons. The zero-order valence-electron chi connectivity index (χ0n) is 16.7. The van der Waals surface area contributed by atoms with Crippen LogP contribution in [0, 0.1) is 0 Å². The second kappa shape index (κ2) is 8.57. The highest BCUT2D eigenvalue weighted by molar-refractivity contribution is 5.93. The number of nitrogens with zero attached hydrogens (tertiary/aromatic N) is 1. The van der Waals surface area contributed by atoms with E-state index in [-0.39, 0.29) is 11.9 Å². The molecule has 0 bridgehead atoms. The van der Waals surface area contributed by atoms with Gasteiger partial charge in [0.1, 0.15) is 12.4 Å². The summed E-state index contributed by atoms with van der Waals surface area (Å²) in [5, 5.41) is 3.06. The Bertz CT molecular complexity index is 735. The van der Waals surface area contributed by atoms with Crippen LogP contribution in [0.3, 0.4) is 0 Å². The zero-order valence-corrected chi connectivity index (χ0v) is 16.7. The van der Waals surface area contributed by atoms with Gasteiger partial charge in [-0.05, 0) is 62.4 Å². The number of ether oxygens (including phenoxy) is 1. The fraction of sp³-hybridized carbons (Fsp3) is 0.435. The third kappa shape index (κ3) is 4.89. The summed E-state index contributed by atoms with van der Waals surface area (Å²) in [5.74, 6) is 0.872. The Morgan fingerprint density at radius 2 is 1.70 bits per heavy atom. The van der Waals surface area contributed by atoms with E-state index in [1.807, 2.05) is 61.5 Å². The quantitative estimate of drug-likeness (QED) is 0.726. The Balaban J connectivity index is 1.54. The Hall–Kier alpha value is -2.33. The first-order chi connectivity index (χ1) is 13.0. The summed E-state index contributed by atoms with van der Waals surface area (Å²) in [6, 6.07) is 18.2. The van der Waals surface area contributed by atoms with E-state index in [1.54, 1.807) is 0 Å². The lowest BCUT2D eigenvalue weighted by Gasteiger charge is -2.40. The van der Waals surface area contributed by atoms with Gasteiger partial charge in [-0.2, -0.15) is 0 Å². The molecule has 1 N–H and O–H groups in total. The van der Waals surface area contributed by atoms with Crippen LogP contribution >= 0.6 is 0 Å². The van der Waals surface area contributed by atoms with Crippen LogP contribution in [-0.2, 0) is 11.4 Å². The van der Waals surface area contributed by atoms with E-state index in [2.05, 4.69) is 19.4 Å². The van der Waals surface area contributed by atoms with E-state index >= 15 is 0 Å². The number of anilines is 1. The van der Waals surface area contributed by atoms with Crippen molar-refractivity contribution >= 4 is 11.6 Å². The van der Waals surface area contributed by atoms with Crippen molar-refractivity contribution in [3.8, 4) is 5.75 Å². The molecule has 0 aliphatic heterocycles. The summed E-state index contributed by atoms with van der Waals surface area (Å²) >= 11 is 0. The predicted octanol–water partition coefficient (Wildman–Crippen LogP) is 4.61. The van der Waals surface area contributed by atoms with Crippen molar-refractivity contribution < 1.29 is 14.0 Å². The molecule has 0 radical (unpaired) electrons. The molecule has 1 fully saturated rings. The first kappa shape index (κ1) is 19.4. The maximum Gasteiger partial charge on any atom is 0.282 e. The topological polar surface area (TPSA) is 38.3 Å². The lowest BCUT2D eigenvalue weighted by atomic mass is 10.1. The molecule has 0 unspecified atom stereocenters. The summed E-state index contributed by atoms with van der Waals surface area (Å²) < 4.78 is 6.56. The van der Waals surface area contributed by atoms with Gasteiger partial charge in [-0.25, -0.2) is 0 Å². The number of carbonyl (C=O) groups excluding carboxylic acids is 1. The molecule has 1 saturated carbocycles. The number of carbonyl (C=O) groups is 1. The molecule has 0 saturated heterocycles. The van der Waals surface area contributed by atoms with Crippen molar-refractivity contribution in [2.45, 2.75) is 51.3 Å². The summed E-state index contributed by atoms with van der Waals surface area (Å²) in [6.45, 7) is 2.57. The largest absolute Gasteiger partial charge is 0.489 e. The van der Waals surface area contributed by atoms with Gasteiger partial charge in [-0.1, -0.05) is 30.3 Å². The molecule has 1 atom stereocenters. The first-order valence-corrected chi connectivity index (χ1v) is 9.88. The molecule has 27 heavy (non-hydrogen) atoms. The van der Waals surface area contributed by atoms with Crippen molar-refractivity contribution in [2.75, 3.05) is 19.4 Å². The van der Waals surface area contributed by atoms with Gasteiger partial charge >= 0.3 is 0 Å². The summed E-state index contributed by atoms with van der Waals surface area (Å²) in [6.07, 6.45) is 5.01. The number of hydrogen-bond donors (Lipinski definition) is 1. The smallest absolute Gasteiger partial charge is 0.282 e. The predicted molar refractivity (Wildman–Crippen MR) is 110 cm³/mol. The average molecular weight is 368 g/mol. The summed E-state index contributed by atoms with van der Waals surface area (Å²) in [4.78, 5) is 12.8. The van der Waals surface area contributed by atoms with Gasteiger partial charge in [0.25, 0.3) is 5.91 Å². The van der Waals surface area contributed by atoms with Gasteiger partial charge in [0.05, 0.1) is 20.1 Å². The molecule has 2 aromatic carbocycles. The molecule has 2 aromatic rings. The van der Waals surface area contributed by atoms with Crippen molar-refractivity contribution in [3.63, 3.8) is 0 Å². The number of hydrogen-bond acceptors (Lipinski definition) is 2. The molecule has 0 aromatic heterocycles. The summed E-state index contributed by atoms with van der Waals surface area (Å²) in [5.41, 5.74) is 1.95. The molecule has 3 rings (SSSR count). The van der Waals surface area contributed by atoms with Gasteiger partial charge < -0.3 is 14.5 Å². The van der Waals surface area contributed by atoms with Crippen LogP contribution in [0.5, 0.6) is 5.75 Å². The van der Waals surface area contributed by atoms with Crippen LogP contribution in [0.15, 0.2) is 54.6 Å². The van der Waals surface area contributed by atoms with Crippen LogP contribution in [-0.4, -0.2) is 36.6 Å². The highest BCUT2D eigenvalue weighted by Gasteiger charge is 2.39. The second-order valence-electron chi connectivity index (χ2n) is 8.03. The molecule has 0 heterocycles.